The van der Waals surface area contributed by atoms with Crippen molar-refractivity contribution >= 4 is 0 Å². The molecule has 0 radical (unpaired) electrons. The lowest BCUT2D eigenvalue weighted by Crippen LogP contribution is -2.41. The molecule has 0 saturated carbocycles. The number of hydrogen-bond acceptors (Lipinski definition) is 3. The Balaban J connectivity index is 1.42. The summed E-state index contributed by atoms with van der Waals surface area (Å²) in [5, 5.41) is 10.6. The largest absolute Gasteiger partial charge is 0.491 e. The van der Waals surface area contributed by atoms with Crippen LogP contribution in [0.3, 0.4) is 0 Å². The molecule has 0 amide bonds. The summed E-state index contributed by atoms with van der Waals surface area (Å²) in [5.74, 6) is 0.302. The first-order chi connectivity index (χ1) is 14.9. The molecule has 0 aromatic heterocycles. The highest BCUT2D eigenvalue weighted by Crippen LogP contribution is 2.33. The van der Waals surface area contributed by atoms with Crippen molar-refractivity contribution in [1.82, 2.24) is 4.90 Å². The Morgan fingerprint density at radius 2 is 1.55 bits per heavy atom. The number of hydrogen-bond donors (Lipinski definition) is 1. The van der Waals surface area contributed by atoms with Crippen molar-refractivity contribution < 1.29 is 23.0 Å². The van der Waals surface area contributed by atoms with Crippen molar-refractivity contribution in [2.75, 3.05) is 13.2 Å². The molecule has 0 bridgehead atoms. The fraction of sp³-hybridized carbons (Fsp3) is 0.280. The van der Waals surface area contributed by atoms with Crippen LogP contribution in [0.1, 0.15) is 28.3 Å². The van der Waals surface area contributed by atoms with Crippen LogP contribution < -0.4 is 4.74 Å². The molecule has 0 spiro atoms. The predicted octanol–water partition coefficient (Wildman–Crippen LogP) is 5.24. The minimum atomic E-state index is -4.38. The molecule has 0 aliphatic carbocycles. The molecule has 3 aromatic rings. The van der Waals surface area contributed by atoms with E-state index in [1.165, 1.54) is 28.8 Å². The van der Waals surface area contributed by atoms with Gasteiger partial charge in [-0.2, -0.15) is 13.2 Å². The fourth-order valence-corrected chi connectivity index (χ4v) is 4.03. The molecule has 2 atom stereocenters. The standard InChI is InChI=1S/C25H24F3NO2/c26-25(27,28)21-10-12-23(13-11-21)31-17-22(30)16-29-15-20-9-5-4-8-19(20)14-24(29)18-6-2-1-3-7-18/h1-13,22,24,30H,14-17H2. The topological polar surface area (TPSA) is 32.7 Å². The monoisotopic (exact) mass is 427 g/mol. The van der Waals surface area contributed by atoms with E-state index in [9.17, 15) is 18.3 Å². The minimum Gasteiger partial charge on any atom is -0.491 e. The van der Waals surface area contributed by atoms with Crippen LogP contribution in [0.25, 0.3) is 0 Å². The molecule has 1 aliphatic heterocycles. The Labute approximate surface area is 179 Å². The summed E-state index contributed by atoms with van der Waals surface area (Å²) in [6.07, 6.45) is -4.30. The molecule has 1 N–H and O–H groups in total. The smallest absolute Gasteiger partial charge is 0.416 e. The maximum absolute atomic E-state index is 12.7. The lowest BCUT2D eigenvalue weighted by atomic mass is 9.89. The first-order valence-electron chi connectivity index (χ1n) is 10.2. The number of halogens is 3. The highest BCUT2D eigenvalue weighted by molar-refractivity contribution is 5.33. The van der Waals surface area contributed by atoms with Gasteiger partial charge in [-0.1, -0.05) is 54.6 Å². The number of β-amino-alcohol motifs (C(OH)–C–C–N with tert-alkyl or cyclic N) is 1. The van der Waals surface area contributed by atoms with Crippen LogP contribution in [0, 0.1) is 0 Å². The summed E-state index contributed by atoms with van der Waals surface area (Å²) in [5.41, 5.74) is 3.01. The number of nitrogens with zero attached hydrogens (tertiary/aromatic N) is 1. The van der Waals surface area contributed by atoms with Gasteiger partial charge in [0.15, 0.2) is 0 Å². The number of ether oxygens (including phenoxy) is 1. The van der Waals surface area contributed by atoms with Crippen molar-refractivity contribution in [3.05, 3.63) is 101 Å². The third-order valence-electron chi connectivity index (χ3n) is 5.60. The van der Waals surface area contributed by atoms with E-state index < -0.39 is 17.8 Å². The van der Waals surface area contributed by atoms with E-state index >= 15 is 0 Å². The molecule has 1 aliphatic rings. The number of rotatable bonds is 6. The van der Waals surface area contributed by atoms with Gasteiger partial charge in [0.05, 0.1) is 5.56 Å². The average molecular weight is 427 g/mol. The van der Waals surface area contributed by atoms with E-state index in [-0.39, 0.29) is 12.6 Å². The molecule has 6 heteroatoms. The Kier molecular flexibility index (Phi) is 6.30. The van der Waals surface area contributed by atoms with Crippen LogP contribution in [0.2, 0.25) is 0 Å². The van der Waals surface area contributed by atoms with Crippen LogP contribution in [-0.2, 0) is 19.1 Å². The van der Waals surface area contributed by atoms with Gasteiger partial charge in [0.25, 0.3) is 0 Å². The Hall–Kier alpha value is -2.83. The van der Waals surface area contributed by atoms with Gasteiger partial charge in [0, 0.05) is 19.1 Å². The summed E-state index contributed by atoms with van der Waals surface area (Å²) < 4.78 is 43.6. The molecular formula is C25H24F3NO2. The van der Waals surface area contributed by atoms with Gasteiger partial charge in [-0.15, -0.1) is 0 Å². The van der Waals surface area contributed by atoms with E-state index in [1.54, 1.807) is 0 Å². The summed E-state index contributed by atoms with van der Waals surface area (Å²) in [7, 11) is 0. The second kappa shape index (κ2) is 9.12. The van der Waals surface area contributed by atoms with Crippen molar-refractivity contribution in [2.24, 2.45) is 0 Å². The number of alkyl halides is 3. The molecule has 3 nitrogen and oxygen atoms in total. The van der Waals surface area contributed by atoms with E-state index in [4.69, 9.17) is 4.74 Å². The summed E-state index contributed by atoms with van der Waals surface area (Å²) in [6, 6.07) is 23.2. The molecular weight excluding hydrogens is 403 g/mol. The van der Waals surface area contributed by atoms with E-state index in [0.29, 0.717) is 18.8 Å². The molecule has 162 valence electrons. The first kappa shape index (κ1) is 21.4. The zero-order valence-corrected chi connectivity index (χ0v) is 16.9. The quantitative estimate of drug-likeness (QED) is 0.584. The van der Waals surface area contributed by atoms with Gasteiger partial charge in [0.1, 0.15) is 18.5 Å². The van der Waals surface area contributed by atoms with Gasteiger partial charge >= 0.3 is 6.18 Å². The van der Waals surface area contributed by atoms with Crippen LogP contribution >= 0.6 is 0 Å². The van der Waals surface area contributed by atoms with Crippen LogP contribution in [0.4, 0.5) is 13.2 Å². The lowest BCUT2D eigenvalue weighted by Gasteiger charge is -2.38. The van der Waals surface area contributed by atoms with Crippen molar-refractivity contribution in [3.63, 3.8) is 0 Å². The van der Waals surface area contributed by atoms with Crippen molar-refractivity contribution in [1.29, 1.82) is 0 Å². The molecule has 4 rings (SSSR count). The molecule has 0 saturated heterocycles. The third-order valence-corrected chi connectivity index (χ3v) is 5.60. The maximum atomic E-state index is 12.7. The summed E-state index contributed by atoms with van der Waals surface area (Å²) in [6.45, 7) is 1.12. The average Bonchev–Trinajstić information content (AvgIpc) is 2.77. The normalized spacial score (nSPS) is 17.7. The molecule has 0 fully saturated rings. The zero-order chi connectivity index (χ0) is 21.8. The SMILES string of the molecule is OC(COc1ccc(C(F)(F)F)cc1)CN1Cc2ccccc2CC1c1ccccc1. The second-order valence-electron chi connectivity index (χ2n) is 7.82. The second-order valence-corrected chi connectivity index (χ2v) is 7.82. The number of benzene rings is 3. The lowest BCUT2D eigenvalue weighted by molar-refractivity contribution is -0.137. The van der Waals surface area contributed by atoms with Gasteiger partial charge in [0.2, 0.25) is 0 Å². The van der Waals surface area contributed by atoms with Gasteiger partial charge in [-0.3, -0.25) is 4.90 Å². The highest BCUT2D eigenvalue weighted by atomic mass is 19.4. The Morgan fingerprint density at radius 3 is 2.23 bits per heavy atom. The van der Waals surface area contributed by atoms with Crippen LogP contribution in [0.15, 0.2) is 78.9 Å². The third kappa shape index (κ3) is 5.27. The summed E-state index contributed by atoms with van der Waals surface area (Å²) in [4.78, 5) is 2.23. The highest BCUT2D eigenvalue weighted by Gasteiger charge is 2.30. The number of aliphatic hydroxyl groups excluding tert-OH is 1. The van der Waals surface area contributed by atoms with E-state index in [0.717, 1.165) is 18.6 Å². The predicted molar refractivity (Wildman–Crippen MR) is 113 cm³/mol. The summed E-state index contributed by atoms with van der Waals surface area (Å²) >= 11 is 0. The number of fused-ring (bicyclic) bond motifs is 1. The van der Waals surface area contributed by atoms with Crippen LogP contribution in [0.5, 0.6) is 5.75 Å². The molecule has 1 heterocycles. The van der Waals surface area contributed by atoms with Crippen LogP contribution in [-0.4, -0.2) is 29.3 Å². The van der Waals surface area contributed by atoms with Crippen molar-refractivity contribution in [2.45, 2.75) is 31.3 Å². The zero-order valence-electron chi connectivity index (χ0n) is 16.9. The van der Waals surface area contributed by atoms with Gasteiger partial charge in [-0.25, -0.2) is 0 Å². The molecule has 2 unspecified atom stereocenters. The fourth-order valence-electron chi connectivity index (χ4n) is 4.03. The van der Waals surface area contributed by atoms with Gasteiger partial charge < -0.3 is 9.84 Å². The Bertz CT molecular complexity index is 990. The molecule has 3 aromatic carbocycles. The minimum absolute atomic E-state index is 0.00498. The number of aliphatic hydroxyl groups is 1. The van der Waals surface area contributed by atoms with Crippen molar-refractivity contribution in [3.8, 4) is 5.75 Å². The van der Waals surface area contributed by atoms with E-state index in [1.807, 2.05) is 30.3 Å². The Morgan fingerprint density at radius 1 is 0.903 bits per heavy atom. The maximum Gasteiger partial charge on any atom is 0.416 e. The molecule has 31 heavy (non-hydrogen) atoms. The van der Waals surface area contributed by atoms with Gasteiger partial charge in [-0.05, 0) is 47.4 Å². The van der Waals surface area contributed by atoms with E-state index in [2.05, 4.69) is 29.2 Å². The first-order valence-corrected chi connectivity index (χ1v) is 10.2.